The Balaban J connectivity index is 1.74. The first-order chi connectivity index (χ1) is 15.1. The van der Waals surface area contributed by atoms with E-state index in [0.717, 1.165) is 16.7 Å². The van der Waals surface area contributed by atoms with E-state index in [-0.39, 0.29) is 0 Å². The fraction of sp³-hybridized carbons (Fsp3) is 0.308. The normalized spacial score (nSPS) is 23.7. The van der Waals surface area contributed by atoms with Gasteiger partial charge in [0.2, 0.25) is 0 Å². The Labute approximate surface area is 182 Å². The van der Waals surface area contributed by atoms with Crippen molar-refractivity contribution in [3.05, 3.63) is 108 Å². The molecule has 3 N–H and O–H groups in total. The van der Waals surface area contributed by atoms with Crippen LogP contribution < -0.4 is 0 Å². The van der Waals surface area contributed by atoms with E-state index in [2.05, 4.69) is 0 Å². The Kier molecular flexibility index (Phi) is 6.80. The molecule has 0 unspecified atom stereocenters. The van der Waals surface area contributed by atoms with Crippen LogP contribution in [0.25, 0.3) is 0 Å². The van der Waals surface area contributed by atoms with Crippen LogP contribution in [-0.4, -0.2) is 45.5 Å². The molecule has 1 fully saturated rings. The predicted octanol–water partition coefficient (Wildman–Crippen LogP) is 2.87. The van der Waals surface area contributed by atoms with Gasteiger partial charge in [-0.25, -0.2) is 0 Å². The Hall–Kier alpha value is -2.54. The van der Waals surface area contributed by atoms with Gasteiger partial charge in [0.25, 0.3) is 0 Å². The molecule has 162 valence electrons. The third kappa shape index (κ3) is 5.03. The smallest absolute Gasteiger partial charge is 0.184 e. The van der Waals surface area contributed by atoms with Gasteiger partial charge in [-0.15, -0.1) is 0 Å². The highest BCUT2D eigenvalue weighted by Gasteiger charge is 2.54. The van der Waals surface area contributed by atoms with Crippen LogP contribution in [0.4, 0.5) is 0 Å². The van der Waals surface area contributed by atoms with Crippen molar-refractivity contribution in [2.24, 2.45) is 0 Å². The summed E-state index contributed by atoms with van der Waals surface area (Å²) in [6.45, 7) is 0.305. The number of aliphatic hydroxyl groups is 3. The molecule has 0 bridgehead atoms. The first-order valence-corrected chi connectivity index (χ1v) is 10.5. The van der Waals surface area contributed by atoms with Crippen molar-refractivity contribution >= 4 is 0 Å². The number of aliphatic hydroxyl groups excluding tert-OH is 3. The molecule has 1 aliphatic rings. The number of hydrogen-bond donors (Lipinski definition) is 3. The molecule has 1 heterocycles. The van der Waals surface area contributed by atoms with Gasteiger partial charge in [0.1, 0.15) is 23.9 Å². The summed E-state index contributed by atoms with van der Waals surface area (Å²) in [5.74, 6) is 0. The number of hydrogen-bond acceptors (Lipinski definition) is 5. The second-order valence-electron chi connectivity index (χ2n) is 8.09. The lowest BCUT2D eigenvalue weighted by molar-refractivity contribution is -0.196. The van der Waals surface area contributed by atoms with Gasteiger partial charge in [0.05, 0.1) is 6.61 Å². The van der Waals surface area contributed by atoms with Crippen molar-refractivity contribution in [1.82, 2.24) is 0 Å². The molecule has 1 aliphatic heterocycles. The van der Waals surface area contributed by atoms with Gasteiger partial charge in [-0.2, -0.15) is 0 Å². The lowest BCUT2D eigenvalue weighted by Crippen LogP contribution is -2.54. The molecule has 3 aromatic rings. The molecule has 4 atom stereocenters. The van der Waals surface area contributed by atoms with Gasteiger partial charge in [-0.05, 0) is 16.7 Å². The number of ether oxygens (including phenoxy) is 2. The van der Waals surface area contributed by atoms with Crippen LogP contribution in [0.5, 0.6) is 0 Å². The van der Waals surface area contributed by atoms with Gasteiger partial charge >= 0.3 is 0 Å². The second kappa shape index (κ2) is 9.73. The van der Waals surface area contributed by atoms with Crippen LogP contribution in [0, 0.1) is 0 Å². The van der Waals surface area contributed by atoms with Crippen LogP contribution >= 0.6 is 0 Å². The maximum atomic E-state index is 10.8. The highest BCUT2D eigenvalue weighted by Crippen LogP contribution is 2.37. The van der Waals surface area contributed by atoms with Crippen molar-refractivity contribution in [2.45, 2.75) is 49.7 Å². The van der Waals surface area contributed by atoms with E-state index in [1.807, 2.05) is 91.0 Å². The second-order valence-corrected chi connectivity index (χ2v) is 8.09. The largest absolute Gasteiger partial charge is 0.387 e. The SMILES string of the molecule is O[C@@H]1[C@H](O)[C@@H](C(Cc2ccccc2)(Cc2ccccc2)OCc2ccccc2)O[C@@H]1O. The van der Waals surface area contributed by atoms with E-state index in [0.29, 0.717) is 19.4 Å². The molecular weight excluding hydrogens is 392 g/mol. The average molecular weight is 421 g/mol. The zero-order chi connectivity index (χ0) is 21.7. The summed E-state index contributed by atoms with van der Waals surface area (Å²) in [5.41, 5.74) is 1.99. The Morgan fingerprint density at radius 3 is 1.52 bits per heavy atom. The lowest BCUT2D eigenvalue weighted by atomic mass is 9.80. The summed E-state index contributed by atoms with van der Waals surface area (Å²) >= 11 is 0. The molecule has 31 heavy (non-hydrogen) atoms. The topological polar surface area (TPSA) is 79.2 Å². The minimum Gasteiger partial charge on any atom is -0.387 e. The molecule has 0 amide bonds. The summed E-state index contributed by atoms with van der Waals surface area (Å²) in [7, 11) is 0. The fourth-order valence-corrected chi connectivity index (χ4v) is 4.23. The molecule has 0 aliphatic carbocycles. The van der Waals surface area contributed by atoms with Gasteiger partial charge in [0.15, 0.2) is 6.29 Å². The maximum absolute atomic E-state index is 10.8. The van der Waals surface area contributed by atoms with Crippen LogP contribution in [-0.2, 0) is 28.9 Å². The van der Waals surface area contributed by atoms with E-state index >= 15 is 0 Å². The van der Waals surface area contributed by atoms with E-state index in [4.69, 9.17) is 9.47 Å². The monoisotopic (exact) mass is 420 g/mol. The third-order valence-electron chi connectivity index (χ3n) is 5.82. The summed E-state index contributed by atoms with van der Waals surface area (Å²) in [6.07, 6.45) is -4.17. The Morgan fingerprint density at radius 2 is 1.10 bits per heavy atom. The minimum atomic E-state index is -1.47. The van der Waals surface area contributed by atoms with Crippen molar-refractivity contribution < 1.29 is 24.8 Å². The van der Waals surface area contributed by atoms with Crippen molar-refractivity contribution in [2.75, 3.05) is 0 Å². The standard InChI is InChI=1S/C26H28O5/c27-22-23(28)25(29)31-24(22)26(16-19-10-4-1-5-11-19,17-20-12-6-2-7-13-20)30-18-21-14-8-3-9-15-21/h1-15,22-25,27-29H,16-18H2/t22-,23+,24-,25-/m0/s1. The summed E-state index contributed by atoms with van der Waals surface area (Å²) < 4.78 is 12.3. The first kappa shape index (κ1) is 21.7. The van der Waals surface area contributed by atoms with Crippen molar-refractivity contribution in [1.29, 1.82) is 0 Å². The van der Waals surface area contributed by atoms with Crippen LogP contribution in [0.2, 0.25) is 0 Å². The summed E-state index contributed by atoms with van der Waals surface area (Å²) in [5, 5.41) is 31.2. The van der Waals surface area contributed by atoms with Crippen LogP contribution in [0.1, 0.15) is 16.7 Å². The maximum Gasteiger partial charge on any atom is 0.184 e. The highest BCUT2D eigenvalue weighted by molar-refractivity contribution is 5.24. The van der Waals surface area contributed by atoms with E-state index in [1.54, 1.807) is 0 Å². The molecule has 0 radical (unpaired) electrons. The van der Waals surface area contributed by atoms with E-state index in [1.165, 1.54) is 0 Å². The lowest BCUT2D eigenvalue weighted by Gasteiger charge is -2.40. The summed E-state index contributed by atoms with van der Waals surface area (Å²) in [6, 6.07) is 29.5. The van der Waals surface area contributed by atoms with Crippen molar-refractivity contribution in [3.8, 4) is 0 Å². The molecule has 0 spiro atoms. The molecule has 0 saturated carbocycles. The van der Waals surface area contributed by atoms with Crippen LogP contribution in [0.3, 0.4) is 0 Å². The van der Waals surface area contributed by atoms with E-state index in [9.17, 15) is 15.3 Å². The zero-order valence-electron chi connectivity index (χ0n) is 17.2. The van der Waals surface area contributed by atoms with E-state index < -0.39 is 30.2 Å². The van der Waals surface area contributed by atoms with Gasteiger partial charge in [0, 0.05) is 12.8 Å². The number of rotatable bonds is 8. The summed E-state index contributed by atoms with van der Waals surface area (Å²) in [4.78, 5) is 0. The Bertz CT molecular complexity index is 890. The molecular formula is C26H28O5. The average Bonchev–Trinajstić information content (AvgIpc) is 3.07. The number of benzene rings is 3. The molecule has 3 aromatic carbocycles. The van der Waals surface area contributed by atoms with Gasteiger partial charge in [-0.3, -0.25) is 0 Å². The molecule has 1 saturated heterocycles. The molecule has 0 aromatic heterocycles. The fourth-order valence-electron chi connectivity index (χ4n) is 4.23. The van der Waals surface area contributed by atoms with Crippen LogP contribution in [0.15, 0.2) is 91.0 Å². The highest BCUT2D eigenvalue weighted by atomic mass is 16.7. The quantitative estimate of drug-likeness (QED) is 0.522. The zero-order valence-corrected chi connectivity index (χ0v) is 17.2. The first-order valence-electron chi connectivity index (χ1n) is 10.5. The van der Waals surface area contributed by atoms with Gasteiger partial charge < -0.3 is 24.8 Å². The Morgan fingerprint density at radius 1 is 0.645 bits per heavy atom. The third-order valence-corrected chi connectivity index (χ3v) is 5.82. The van der Waals surface area contributed by atoms with Gasteiger partial charge in [-0.1, -0.05) is 91.0 Å². The molecule has 5 nitrogen and oxygen atoms in total. The molecule has 5 heteroatoms. The predicted molar refractivity (Wildman–Crippen MR) is 117 cm³/mol. The molecule has 4 rings (SSSR count). The van der Waals surface area contributed by atoms with Crippen molar-refractivity contribution in [3.63, 3.8) is 0 Å². The minimum absolute atomic E-state index is 0.305.